The largest absolute Gasteiger partial charge is 0.497 e. The fourth-order valence-electron chi connectivity index (χ4n) is 3.15. The number of ether oxygens (including phenoxy) is 3. The zero-order valence-corrected chi connectivity index (χ0v) is 17.9. The molecule has 0 aliphatic heterocycles. The molecular weight excluding hydrogens is 400 g/mol. The second-order valence-corrected chi connectivity index (χ2v) is 7.36. The molecule has 0 fully saturated rings. The number of hydrogen-bond acceptors (Lipinski definition) is 7. The van der Waals surface area contributed by atoms with Crippen LogP contribution in [-0.2, 0) is 16.0 Å². The molecule has 0 saturated carbocycles. The summed E-state index contributed by atoms with van der Waals surface area (Å²) in [5, 5.41) is 0.702. The van der Waals surface area contributed by atoms with Crippen LogP contribution >= 0.6 is 0 Å². The second kappa shape index (κ2) is 9.47. The first-order valence-corrected chi connectivity index (χ1v) is 9.90. The molecule has 0 spiro atoms. The molecule has 0 saturated heterocycles. The fraction of sp³-hybridized carbons (Fsp3) is 0.292. The van der Waals surface area contributed by atoms with Gasteiger partial charge in [-0.05, 0) is 62.6 Å². The summed E-state index contributed by atoms with van der Waals surface area (Å²) in [4.78, 5) is 36.5. The van der Waals surface area contributed by atoms with Gasteiger partial charge in [-0.1, -0.05) is 6.07 Å². The maximum atomic E-state index is 12.7. The summed E-state index contributed by atoms with van der Waals surface area (Å²) in [7, 11) is 1.51. The lowest BCUT2D eigenvalue weighted by atomic mass is 10.0. The predicted molar refractivity (Wildman–Crippen MR) is 115 cm³/mol. The van der Waals surface area contributed by atoms with Gasteiger partial charge in [-0.15, -0.1) is 0 Å². The van der Waals surface area contributed by atoms with E-state index in [-0.39, 0.29) is 24.2 Å². The Morgan fingerprint density at radius 1 is 1.10 bits per heavy atom. The van der Waals surface area contributed by atoms with E-state index in [9.17, 15) is 14.4 Å². The van der Waals surface area contributed by atoms with Crippen molar-refractivity contribution in [2.24, 2.45) is 0 Å². The van der Waals surface area contributed by atoms with Crippen LogP contribution in [0.15, 0.2) is 51.7 Å². The third-order valence-electron chi connectivity index (χ3n) is 4.61. The Morgan fingerprint density at radius 3 is 2.58 bits per heavy atom. The van der Waals surface area contributed by atoms with Gasteiger partial charge in [0.05, 0.1) is 18.8 Å². The van der Waals surface area contributed by atoms with E-state index in [4.69, 9.17) is 18.6 Å². The molecule has 0 bridgehead atoms. The number of methoxy groups -OCH3 is 1. The number of fused-ring (bicyclic) bond motifs is 1. The molecule has 0 aliphatic rings. The molecular formula is C24H24O7. The summed E-state index contributed by atoms with van der Waals surface area (Å²) in [5.41, 5.74) is 1.45. The maximum absolute atomic E-state index is 12.7. The van der Waals surface area contributed by atoms with Crippen molar-refractivity contribution in [1.29, 1.82) is 0 Å². The van der Waals surface area contributed by atoms with Crippen molar-refractivity contribution in [3.63, 3.8) is 0 Å². The van der Waals surface area contributed by atoms with Crippen LogP contribution < -0.4 is 15.1 Å². The molecule has 2 aromatic carbocycles. The van der Waals surface area contributed by atoms with Crippen molar-refractivity contribution in [3.05, 3.63) is 69.6 Å². The van der Waals surface area contributed by atoms with Crippen LogP contribution in [-0.4, -0.2) is 25.2 Å². The van der Waals surface area contributed by atoms with Crippen LogP contribution in [0.2, 0.25) is 0 Å². The van der Waals surface area contributed by atoms with Gasteiger partial charge in [0.2, 0.25) is 0 Å². The quantitative estimate of drug-likeness (QED) is 0.319. The number of carbonyl (C=O) groups excluding carboxylic acids is 2. The van der Waals surface area contributed by atoms with Gasteiger partial charge in [0.25, 0.3) is 0 Å². The van der Waals surface area contributed by atoms with E-state index in [0.29, 0.717) is 34.3 Å². The van der Waals surface area contributed by atoms with Crippen molar-refractivity contribution in [2.45, 2.75) is 39.7 Å². The Kier molecular flexibility index (Phi) is 6.74. The van der Waals surface area contributed by atoms with Crippen LogP contribution in [0, 0.1) is 6.92 Å². The second-order valence-electron chi connectivity index (χ2n) is 7.36. The van der Waals surface area contributed by atoms with Crippen LogP contribution in [0.25, 0.3) is 11.0 Å². The topological polar surface area (TPSA) is 92.0 Å². The molecule has 0 unspecified atom stereocenters. The zero-order chi connectivity index (χ0) is 22.5. The lowest BCUT2D eigenvalue weighted by Gasteiger charge is -2.13. The van der Waals surface area contributed by atoms with Crippen molar-refractivity contribution in [1.82, 2.24) is 0 Å². The first kappa shape index (κ1) is 22.1. The summed E-state index contributed by atoms with van der Waals surface area (Å²) in [6.07, 6.45) is 0.190. The molecule has 0 radical (unpaired) electrons. The molecule has 7 nitrogen and oxygen atoms in total. The molecule has 1 heterocycles. The summed E-state index contributed by atoms with van der Waals surface area (Å²) < 4.78 is 21.3. The molecule has 31 heavy (non-hydrogen) atoms. The summed E-state index contributed by atoms with van der Waals surface area (Å²) in [6, 6.07) is 11.2. The van der Waals surface area contributed by atoms with Crippen LogP contribution in [0.3, 0.4) is 0 Å². The van der Waals surface area contributed by atoms with Crippen molar-refractivity contribution < 1.29 is 28.2 Å². The summed E-state index contributed by atoms with van der Waals surface area (Å²) in [6.45, 7) is 5.35. The first-order chi connectivity index (χ1) is 14.8. The minimum absolute atomic E-state index is 0.114. The minimum atomic E-state index is -0.598. The van der Waals surface area contributed by atoms with Gasteiger partial charge in [-0.25, -0.2) is 9.59 Å². The Balaban J connectivity index is 1.97. The van der Waals surface area contributed by atoms with Crippen molar-refractivity contribution in [3.8, 4) is 11.5 Å². The number of rotatable bonds is 7. The molecule has 162 valence electrons. The molecule has 0 atom stereocenters. The van der Waals surface area contributed by atoms with Crippen LogP contribution in [0.4, 0.5) is 0 Å². The molecule has 3 aromatic rings. The van der Waals surface area contributed by atoms with E-state index in [1.165, 1.54) is 19.2 Å². The molecule has 0 amide bonds. The predicted octanol–water partition coefficient (Wildman–Crippen LogP) is 4.21. The van der Waals surface area contributed by atoms with E-state index < -0.39 is 11.6 Å². The van der Waals surface area contributed by atoms with E-state index in [0.717, 1.165) is 5.56 Å². The standard InChI is InChI=1S/C24H24O7/c1-14(2)29-22(25)9-8-16-12-19-15(3)10-23(26)30-21(19)13-20(16)31-24(27)17-6-5-7-18(11-17)28-4/h5-7,10-14H,8-9H2,1-4H3. The van der Waals surface area contributed by atoms with Crippen molar-refractivity contribution >= 4 is 22.9 Å². The van der Waals surface area contributed by atoms with Gasteiger partial charge in [-0.2, -0.15) is 0 Å². The normalized spacial score (nSPS) is 10.9. The van der Waals surface area contributed by atoms with E-state index in [1.54, 1.807) is 51.1 Å². The molecule has 0 N–H and O–H groups in total. The maximum Gasteiger partial charge on any atom is 0.343 e. The number of hydrogen-bond donors (Lipinski definition) is 0. The van der Waals surface area contributed by atoms with Gasteiger partial charge < -0.3 is 18.6 Å². The smallest absolute Gasteiger partial charge is 0.343 e. The Bertz CT molecular complexity index is 1170. The Hall–Kier alpha value is -3.61. The highest BCUT2D eigenvalue weighted by atomic mass is 16.5. The van der Waals surface area contributed by atoms with Crippen LogP contribution in [0.5, 0.6) is 11.5 Å². The average molecular weight is 424 g/mol. The highest BCUT2D eigenvalue weighted by Crippen LogP contribution is 2.29. The highest BCUT2D eigenvalue weighted by Gasteiger charge is 2.17. The molecule has 3 rings (SSSR count). The van der Waals surface area contributed by atoms with Gasteiger partial charge in [0.15, 0.2) is 0 Å². The number of benzene rings is 2. The van der Waals surface area contributed by atoms with E-state index >= 15 is 0 Å². The average Bonchev–Trinajstić information content (AvgIpc) is 2.71. The van der Waals surface area contributed by atoms with Crippen LogP contribution in [0.1, 0.15) is 41.8 Å². The van der Waals surface area contributed by atoms with Crippen molar-refractivity contribution in [2.75, 3.05) is 7.11 Å². The summed E-state index contributed by atoms with van der Waals surface area (Å²) >= 11 is 0. The third kappa shape index (κ3) is 5.51. The Labute approximate surface area is 179 Å². The zero-order valence-electron chi connectivity index (χ0n) is 17.9. The Morgan fingerprint density at radius 2 is 1.87 bits per heavy atom. The first-order valence-electron chi connectivity index (χ1n) is 9.90. The lowest BCUT2D eigenvalue weighted by Crippen LogP contribution is -2.13. The van der Waals surface area contributed by atoms with Gasteiger partial charge >= 0.3 is 17.6 Å². The fourth-order valence-corrected chi connectivity index (χ4v) is 3.15. The number of carbonyl (C=O) groups is 2. The van der Waals surface area contributed by atoms with E-state index in [2.05, 4.69) is 0 Å². The number of esters is 2. The van der Waals surface area contributed by atoms with Gasteiger partial charge in [-0.3, -0.25) is 4.79 Å². The molecule has 0 aliphatic carbocycles. The SMILES string of the molecule is COc1cccc(C(=O)Oc2cc3oc(=O)cc(C)c3cc2CCC(=O)OC(C)C)c1. The van der Waals surface area contributed by atoms with Gasteiger partial charge in [0, 0.05) is 23.9 Å². The third-order valence-corrected chi connectivity index (χ3v) is 4.61. The minimum Gasteiger partial charge on any atom is -0.497 e. The molecule has 7 heteroatoms. The van der Waals surface area contributed by atoms with E-state index in [1.807, 2.05) is 0 Å². The number of aryl methyl sites for hydroxylation is 2. The lowest BCUT2D eigenvalue weighted by molar-refractivity contribution is -0.147. The highest BCUT2D eigenvalue weighted by molar-refractivity contribution is 5.92. The summed E-state index contributed by atoms with van der Waals surface area (Å²) in [5.74, 6) is -0.214. The molecule has 1 aromatic heterocycles. The monoisotopic (exact) mass is 424 g/mol. The van der Waals surface area contributed by atoms with Gasteiger partial charge in [0.1, 0.15) is 17.1 Å².